The van der Waals surface area contributed by atoms with E-state index in [1.54, 1.807) is 0 Å². The predicted octanol–water partition coefficient (Wildman–Crippen LogP) is 1.92. The topological polar surface area (TPSA) is 66.2 Å². The maximum absolute atomic E-state index is 5.31. The second kappa shape index (κ2) is 4.97. The average Bonchev–Trinajstić information content (AvgIpc) is 2.70. The second-order valence-electron chi connectivity index (χ2n) is 3.86. The van der Waals surface area contributed by atoms with Gasteiger partial charge in [0.05, 0.1) is 0 Å². The number of fused-ring (bicyclic) bond motifs is 1. The first kappa shape index (κ1) is 11.6. The second-order valence-corrected chi connectivity index (χ2v) is 4.30. The molecule has 0 spiro atoms. The lowest BCUT2D eigenvalue weighted by molar-refractivity contribution is 1.01. The molecular weight excluding hydrogens is 232 g/mol. The molecule has 0 fully saturated rings. The molecule has 0 aliphatic heterocycles. The van der Waals surface area contributed by atoms with Gasteiger partial charge in [-0.15, -0.1) is 0 Å². The largest absolute Gasteiger partial charge is 0.375 e. The molecule has 0 aliphatic carbocycles. The molecule has 1 aromatic heterocycles. The Labute approximate surface area is 105 Å². The summed E-state index contributed by atoms with van der Waals surface area (Å²) in [4.78, 5) is 3.23. The van der Waals surface area contributed by atoms with Gasteiger partial charge in [-0.05, 0) is 30.8 Å². The van der Waals surface area contributed by atoms with Gasteiger partial charge in [-0.25, -0.2) is 0 Å². The van der Waals surface area contributed by atoms with E-state index in [4.69, 9.17) is 18.0 Å². The van der Waals surface area contributed by atoms with Gasteiger partial charge in [0.1, 0.15) is 0 Å². The average molecular weight is 246 g/mol. The minimum absolute atomic E-state index is 0.184. The van der Waals surface area contributed by atoms with Crippen LogP contribution in [0.4, 0.5) is 0 Å². The van der Waals surface area contributed by atoms with Crippen LogP contribution < -0.4 is 11.2 Å². The lowest BCUT2D eigenvalue weighted by Gasteiger charge is -2.01. The van der Waals surface area contributed by atoms with Gasteiger partial charge in [0.15, 0.2) is 5.11 Å². The van der Waals surface area contributed by atoms with Gasteiger partial charge >= 0.3 is 0 Å². The van der Waals surface area contributed by atoms with Gasteiger partial charge in [-0.2, -0.15) is 5.10 Å². The standard InChI is InChI=1S/C12H14N4S/c1-8(15-16-12(13)17)6-9-7-14-11-5-3-2-4-10(9)11/h2-5,7,14H,6H2,1H3,(H3,13,16,17). The SMILES string of the molecule is CC(Cc1c[nH]c2ccccc12)=NNC(N)=S. The first-order valence-corrected chi connectivity index (χ1v) is 5.71. The molecule has 0 bridgehead atoms. The van der Waals surface area contributed by atoms with E-state index in [1.165, 1.54) is 10.9 Å². The number of hydrazone groups is 1. The number of hydrogen-bond donors (Lipinski definition) is 3. The number of thiocarbonyl (C=S) groups is 1. The van der Waals surface area contributed by atoms with E-state index < -0.39 is 0 Å². The summed E-state index contributed by atoms with van der Waals surface area (Å²) in [6.45, 7) is 1.94. The van der Waals surface area contributed by atoms with Crippen LogP contribution in [0.5, 0.6) is 0 Å². The number of para-hydroxylation sites is 1. The Balaban J connectivity index is 2.18. The van der Waals surface area contributed by atoms with Crippen LogP contribution in [-0.4, -0.2) is 15.8 Å². The molecule has 0 amide bonds. The number of nitrogens with zero attached hydrogens (tertiary/aromatic N) is 1. The number of hydrogen-bond acceptors (Lipinski definition) is 2. The van der Waals surface area contributed by atoms with Crippen molar-refractivity contribution < 1.29 is 0 Å². The molecule has 2 aromatic rings. The highest BCUT2D eigenvalue weighted by Gasteiger charge is 2.03. The molecule has 0 aliphatic rings. The quantitative estimate of drug-likeness (QED) is 0.440. The molecule has 0 saturated carbocycles. The zero-order valence-electron chi connectivity index (χ0n) is 9.53. The Morgan fingerprint density at radius 3 is 3.00 bits per heavy atom. The van der Waals surface area contributed by atoms with E-state index in [2.05, 4.69) is 27.6 Å². The van der Waals surface area contributed by atoms with Gasteiger partial charge in [-0.1, -0.05) is 18.2 Å². The van der Waals surface area contributed by atoms with Crippen LogP contribution in [0.2, 0.25) is 0 Å². The molecule has 0 unspecified atom stereocenters. The zero-order chi connectivity index (χ0) is 12.3. The number of H-pyrrole nitrogens is 1. The smallest absolute Gasteiger partial charge is 0.184 e. The Bertz CT molecular complexity index is 571. The third-order valence-electron chi connectivity index (χ3n) is 2.48. The molecule has 4 nitrogen and oxygen atoms in total. The van der Waals surface area contributed by atoms with Crippen molar-refractivity contribution in [2.75, 3.05) is 0 Å². The molecule has 4 N–H and O–H groups in total. The highest BCUT2D eigenvalue weighted by atomic mass is 32.1. The van der Waals surface area contributed by atoms with Crippen molar-refractivity contribution in [1.29, 1.82) is 0 Å². The van der Waals surface area contributed by atoms with Crippen LogP contribution in [0.15, 0.2) is 35.6 Å². The normalized spacial score (nSPS) is 11.7. The fourth-order valence-corrected chi connectivity index (χ4v) is 1.79. The molecule has 1 aromatic carbocycles. The number of aromatic nitrogens is 1. The van der Waals surface area contributed by atoms with E-state index in [0.29, 0.717) is 0 Å². The summed E-state index contributed by atoms with van der Waals surface area (Å²) in [5.41, 5.74) is 11.2. The van der Waals surface area contributed by atoms with Crippen LogP contribution in [0.25, 0.3) is 10.9 Å². The Kier molecular flexibility index (Phi) is 3.39. The van der Waals surface area contributed by atoms with Crippen LogP contribution in [0.1, 0.15) is 12.5 Å². The summed E-state index contributed by atoms with van der Waals surface area (Å²) in [5.74, 6) is 0. The van der Waals surface area contributed by atoms with Crippen molar-refractivity contribution in [3.8, 4) is 0 Å². The van der Waals surface area contributed by atoms with Crippen LogP contribution >= 0.6 is 12.2 Å². The summed E-state index contributed by atoms with van der Waals surface area (Å²) in [5, 5.41) is 5.50. The third-order valence-corrected chi connectivity index (χ3v) is 2.57. The maximum Gasteiger partial charge on any atom is 0.184 e. The molecule has 1 heterocycles. The summed E-state index contributed by atoms with van der Waals surface area (Å²) in [7, 11) is 0. The van der Waals surface area contributed by atoms with Crippen molar-refractivity contribution in [3.05, 3.63) is 36.0 Å². The van der Waals surface area contributed by atoms with Gasteiger partial charge in [-0.3, -0.25) is 5.43 Å². The monoisotopic (exact) mass is 246 g/mol. The maximum atomic E-state index is 5.31. The first-order chi connectivity index (χ1) is 8.16. The highest BCUT2D eigenvalue weighted by molar-refractivity contribution is 7.80. The number of rotatable bonds is 3. The third kappa shape index (κ3) is 2.82. The molecule has 0 radical (unpaired) electrons. The summed E-state index contributed by atoms with van der Waals surface area (Å²) < 4.78 is 0. The summed E-state index contributed by atoms with van der Waals surface area (Å²) >= 11 is 4.69. The molecule has 88 valence electrons. The van der Waals surface area contributed by atoms with E-state index in [-0.39, 0.29) is 5.11 Å². The van der Waals surface area contributed by atoms with Gasteiger partial charge in [0.2, 0.25) is 0 Å². The minimum Gasteiger partial charge on any atom is -0.375 e. The molecule has 2 rings (SSSR count). The van der Waals surface area contributed by atoms with E-state index in [1.807, 2.05) is 25.3 Å². The van der Waals surface area contributed by atoms with E-state index >= 15 is 0 Å². The van der Waals surface area contributed by atoms with Crippen molar-refractivity contribution >= 4 is 33.9 Å². The van der Waals surface area contributed by atoms with Crippen LogP contribution in [-0.2, 0) is 6.42 Å². The fraction of sp³-hybridized carbons (Fsp3) is 0.167. The lowest BCUT2D eigenvalue weighted by atomic mass is 10.1. The minimum atomic E-state index is 0.184. The van der Waals surface area contributed by atoms with E-state index in [9.17, 15) is 0 Å². The highest BCUT2D eigenvalue weighted by Crippen LogP contribution is 2.18. The van der Waals surface area contributed by atoms with Crippen molar-refractivity contribution in [2.45, 2.75) is 13.3 Å². The Morgan fingerprint density at radius 2 is 2.24 bits per heavy atom. The van der Waals surface area contributed by atoms with Crippen molar-refractivity contribution in [3.63, 3.8) is 0 Å². The molecule has 0 saturated heterocycles. The zero-order valence-corrected chi connectivity index (χ0v) is 10.3. The van der Waals surface area contributed by atoms with Gasteiger partial charge < -0.3 is 10.7 Å². The molecular formula is C12H14N4S. The Hall–Kier alpha value is -1.88. The summed E-state index contributed by atoms with van der Waals surface area (Å²) in [6.07, 6.45) is 2.77. The first-order valence-electron chi connectivity index (χ1n) is 5.30. The van der Waals surface area contributed by atoms with Crippen molar-refractivity contribution in [2.24, 2.45) is 10.8 Å². The predicted molar refractivity (Wildman–Crippen MR) is 75.0 cm³/mol. The van der Waals surface area contributed by atoms with E-state index in [0.717, 1.165) is 17.6 Å². The number of aromatic amines is 1. The fourth-order valence-electron chi connectivity index (χ4n) is 1.74. The molecule has 5 heteroatoms. The molecule has 0 atom stereocenters. The van der Waals surface area contributed by atoms with Crippen LogP contribution in [0, 0.1) is 0 Å². The molecule has 17 heavy (non-hydrogen) atoms. The van der Waals surface area contributed by atoms with Gasteiger partial charge in [0.25, 0.3) is 0 Å². The van der Waals surface area contributed by atoms with Crippen molar-refractivity contribution in [1.82, 2.24) is 10.4 Å². The number of nitrogens with two attached hydrogens (primary N) is 1. The lowest BCUT2D eigenvalue weighted by Crippen LogP contribution is -2.25. The summed E-state index contributed by atoms with van der Waals surface area (Å²) in [6, 6.07) is 8.19. The number of benzene rings is 1. The van der Waals surface area contributed by atoms with Gasteiger partial charge in [0, 0.05) is 29.2 Å². The number of nitrogens with one attached hydrogen (secondary N) is 2. The van der Waals surface area contributed by atoms with Crippen LogP contribution in [0.3, 0.4) is 0 Å². The Morgan fingerprint density at radius 1 is 1.47 bits per heavy atom.